The summed E-state index contributed by atoms with van der Waals surface area (Å²) < 4.78 is 1.80. The van der Waals surface area contributed by atoms with Crippen molar-refractivity contribution >= 4 is 22.5 Å². The van der Waals surface area contributed by atoms with Crippen LogP contribution in [0.3, 0.4) is 0 Å². The molecule has 5 aromatic rings. The third-order valence-electron chi connectivity index (χ3n) is 6.96. The molecule has 0 fully saturated rings. The summed E-state index contributed by atoms with van der Waals surface area (Å²) in [6.45, 7) is 11.2. The maximum atomic E-state index is 13.8. The van der Waals surface area contributed by atoms with Crippen LogP contribution in [0.1, 0.15) is 60.5 Å². The van der Waals surface area contributed by atoms with Crippen LogP contribution in [0.5, 0.6) is 0 Å². The van der Waals surface area contributed by atoms with Gasteiger partial charge in [0.05, 0.1) is 5.54 Å². The summed E-state index contributed by atoms with van der Waals surface area (Å²) in [6.07, 6.45) is 3.58. The van der Waals surface area contributed by atoms with E-state index < -0.39 is 11.6 Å². The molecule has 9 heteroatoms. The number of aromatic amines is 1. The first-order valence-corrected chi connectivity index (χ1v) is 13.3. The van der Waals surface area contributed by atoms with Gasteiger partial charge in [0.15, 0.2) is 5.82 Å². The lowest BCUT2D eigenvalue weighted by Gasteiger charge is -2.33. The lowest BCUT2D eigenvalue weighted by Crippen LogP contribution is -2.37. The van der Waals surface area contributed by atoms with Crippen LogP contribution in [-0.4, -0.2) is 35.1 Å². The molecule has 0 saturated carbocycles. The molecule has 3 aromatic heterocycles. The van der Waals surface area contributed by atoms with Gasteiger partial charge >= 0.3 is 0 Å². The predicted octanol–water partition coefficient (Wildman–Crippen LogP) is 5.73. The van der Waals surface area contributed by atoms with Crippen LogP contribution in [0.25, 0.3) is 10.9 Å². The fourth-order valence-electron chi connectivity index (χ4n) is 4.85. The Balaban J connectivity index is 1.76. The minimum absolute atomic E-state index is 0.186. The van der Waals surface area contributed by atoms with E-state index >= 15 is 0 Å². The Morgan fingerprint density at radius 1 is 1.03 bits per heavy atom. The van der Waals surface area contributed by atoms with Crippen molar-refractivity contribution in [1.29, 1.82) is 0 Å². The summed E-state index contributed by atoms with van der Waals surface area (Å²) in [6, 6.07) is 17.2. The molecule has 0 aliphatic carbocycles. The van der Waals surface area contributed by atoms with Gasteiger partial charge in [0.25, 0.3) is 5.56 Å². The van der Waals surface area contributed by atoms with Gasteiger partial charge in [-0.05, 0) is 103 Å². The summed E-state index contributed by atoms with van der Waals surface area (Å²) in [4.78, 5) is 23.4. The van der Waals surface area contributed by atoms with Crippen LogP contribution in [0, 0.1) is 13.8 Å². The molecule has 0 bridgehead atoms. The van der Waals surface area contributed by atoms with Crippen LogP contribution < -0.4 is 5.56 Å². The van der Waals surface area contributed by atoms with E-state index in [0.29, 0.717) is 29.5 Å². The Bertz CT molecular complexity index is 1670. The number of halogens is 1. The van der Waals surface area contributed by atoms with Crippen molar-refractivity contribution in [3.63, 3.8) is 0 Å². The molecule has 1 atom stereocenters. The maximum absolute atomic E-state index is 13.8. The molecule has 5 rings (SSSR count). The summed E-state index contributed by atoms with van der Waals surface area (Å²) in [5, 5.41) is 14.5. The SMILES string of the molecule is Cc1cc2cc(C(c3nnnn3C(C)(C)C)N(Cc3cccnc3)Cc3ccccc3Cl)c(=O)[nH]c2cc1C. The molecule has 0 aliphatic rings. The van der Waals surface area contributed by atoms with E-state index in [2.05, 4.69) is 43.4 Å². The van der Waals surface area contributed by atoms with Crippen molar-refractivity contribution in [1.82, 2.24) is 35.1 Å². The third kappa shape index (κ3) is 5.62. The fraction of sp³-hybridized carbons (Fsp3) is 0.300. The zero-order valence-electron chi connectivity index (χ0n) is 22.8. The number of tetrazole rings is 1. The molecule has 1 unspecified atom stereocenters. The molecule has 3 heterocycles. The van der Waals surface area contributed by atoms with Crippen molar-refractivity contribution in [3.05, 3.63) is 116 Å². The highest BCUT2D eigenvalue weighted by Gasteiger charge is 2.34. The molecule has 8 nitrogen and oxygen atoms in total. The first kappa shape index (κ1) is 26.7. The van der Waals surface area contributed by atoms with E-state index in [9.17, 15) is 4.79 Å². The number of pyridine rings is 2. The topological polar surface area (TPSA) is 92.6 Å². The van der Waals surface area contributed by atoms with Gasteiger partial charge in [-0.3, -0.25) is 14.7 Å². The van der Waals surface area contributed by atoms with Gasteiger partial charge in [0.2, 0.25) is 0 Å². The van der Waals surface area contributed by atoms with Crippen LogP contribution in [-0.2, 0) is 18.6 Å². The van der Waals surface area contributed by atoms with E-state index in [0.717, 1.165) is 33.2 Å². The quantitative estimate of drug-likeness (QED) is 0.283. The molecule has 1 N–H and O–H groups in total. The number of fused-ring (bicyclic) bond motifs is 1. The standard InChI is InChI=1S/C30H32ClN7O/c1-19-13-23-15-24(29(39)33-26(23)14-20(19)2)27(28-34-35-36-38(28)30(3,4)5)37(17-21-9-8-12-32-16-21)18-22-10-6-7-11-25(22)31/h6-16,27H,17-18H2,1-5H3,(H,33,39). The number of benzene rings is 2. The summed E-state index contributed by atoms with van der Waals surface area (Å²) in [5.41, 5.74) is 4.96. The molecule has 2 aromatic carbocycles. The van der Waals surface area contributed by atoms with Gasteiger partial charge in [-0.1, -0.05) is 35.9 Å². The number of rotatable bonds is 7. The second kappa shape index (κ2) is 10.7. The minimum atomic E-state index is -0.578. The van der Waals surface area contributed by atoms with Crippen LogP contribution in [0.2, 0.25) is 5.02 Å². The minimum Gasteiger partial charge on any atom is -0.322 e. The largest absolute Gasteiger partial charge is 0.322 e. The molecule has 0 amide bonds. The van der Waals surface area contributed by atoms with Crippen LogP contribution in [0.15, 0.2) is 71.8 Å². The second-order valence-electron chi connectivity index (χ2n) is 11.0. The number of hydrogen-bond donors (Lipinski definition) is 1. The Labute approximate surface area is 232 Å². The van der Waals surface area contributed by atoms with Gasteiger partial charge in [-0.15, -0.1) is 5.10 Å². The van der Waals surface area contributed by atoms with Crippen LogP contribution >= 0.6 is 11.6 Å². The number of nitrogens with one attached hydrogen (secondary N) is 1. The van der Waals surface area contributed by atoms with E-state index in [1.165, 1.54) is 0 Å². The van der Waals surface area contributed by atoms with Gasteiger partial charge in [0.1, 0.15) is 6.04 Å². The van der Waals surface area contributed by atoms with Crippen molar-refractivity contribution in [3.8, 4) is 0 Å². The number of aryl methyl sites for hydroxylation is 2. The third-order valence-corrected chi connectivity index (χ3v) is 7.33. The first-order chi connectivity index (χ1) is 18.6. The van der Waals surface area contributed by atoms with Gasteiger partial charge in [-0.25, -0.2) is 4.68 Å². The lowest BCUT2D eigenvalue weighted by atomic mass is 9.99. The zero-order chi connectivity index (χ0) is 27.7. The highest BCUT2D eigenvalue weighted by molar-refractivity contribution is 6.31. The molecule has 0 saturated heterocycles. The van der Waals surface area contributed by atoms with E-state index in [4.69, 9.17) is 11.6 Å². The maximum Gasteiger partial charge on any atom is 0.253 e. The van der Waals surface area contributed by atoms with Crippen molar-refractivity contribution in [2.45, 2.75) is 59.3 Å². The van der Waals surface area contributed by atoms with E-state index in [1.807, 2.05) is 82.4 Å². The zero-order valence-corrected chi connectivity index (χ0v) is 23.6. The molecule has 39 heavy (non-hydrogen) atoms. The number of H-pyrrole nitrogens is 1. The summed E-state index contributed by atoms with van der Waals surface area (Å²) >= 11 is 6.64. The molecular formula is C30H32ClN7O. The Morgan fingerprint density at radius 2 is 1.79 bits per heavy atom. The Hall–Kier alpha value is -3.88. The number of aromatic nitrogens is 6. The van der Waals surface area contributed by atoms with Gasteiger partial charge in [-0.2, -0.15) is 0 Å². The molecule has 0 radical (unpaired) electrons. The average molecular weight is 542 g/mol. The summed E-state index contributed by atoms with van der Waals surface area (Å²) in [7, 11) is 0. The fourth-order valence-corrected chi connectivity index (χ4v) is 5.04. The molecule has 0 spiro atoms. The van der Waals surface area contributed by atoms with E-state index in [1.54, 1.807) is 10.9 Å². The number of hydrogen-bond acceptors (Lipinski definition) is 6. The van der Waals surface area contributed by atoms with E-state index in [-0.39, 0.29) is 5.56 Å². The first-order valence-electron chi connectivity index (χ1n) is 12.9. The van der Waals surface area contributed by atoms with Crippen LogP contribution in [0.4, 0.5) is 0 Å². The molecule has 0 aliphatic heterocycles. The summed E-state index contributed by atoms with van der Waals surface area (Å²) in [5.74, 6) is 0.576. The van der Waals surface area contributed by atoms with Crippen molar-refractivity contribution in [2.24, 2.45) is 0 Å². The monoisotopic (exact) mass is 541 g/mol. The smallest absolute Gasteiger partial charge is 0.253 e. The molecular weight excluding hydrogens is 510 g/mol. The van der Waals surface area contributed by atoms with Crippen molar-refractivity contribution < 1.29 is 0 Å². The normalized spacial score (nSPS) is 12.8. The van der Waals surface area contributed by atoms with Gasteiger partial charge < -0.3 is 4.98 Å². The Kier molecular flexibility index (Phi) is 7.34. The number of nitrogens with zero attached hydrogens (tertiary/aromatic N) is 6. The predicted molar refractivity (Wildman–Crippen MR) is 154 cm³/mol. The highest BCUT2D eigenvalue weighted by Crippen LogP contribution is 2.33. The molecule has 200 valence electrons. The van der Waals surface area contributed by atoms with Gasteiger partial charge in [0, 0.05) is 41.6 Å². The Morgan fingerprint density at radius 3 is 2.51 bits per heavy atom. The van der Waals surface area contributed by atoms with Crippen molar-refractivity contribution in [2.75, 3.05) is 0 Å². The second-order valence-corrected chi connectivity index (χ2v) is 11.4. The average Bonchev–Trinajstić information content (AvgIpc) is 3.38. The lowest BCUT2D eigenvalue weighted by molar-refractivity contribution is 0.184. The highest BCUT2D eigenvalue weighted by atomic mass is 35.5.